The predicted octanol–water partition coefficient (Wildman–Crippen LogP) is 4.52. The molecule has 11 heteroatoms. The Morgan fingerprint density at radius 2 is 1.93 bits per heavy atom. The molecule has 0 amide bonds. The van der Waals surface area contributed by atoms with Crippen molar-refractivity contribution in [1.82, 2.24) is 15.2 Å². The lowest BCUT2D eigenvalue weighted by Crippen LogP contribution is -2.43. The van der Waals surface area contributed by atoms with Crippen LogP contribution in [0.25, 0.3) is 0 Å². The summed E-state index contributed by atoms with van der Waals surface area (Å²) in [6, 6.07) is 2.47. The number of halogens is 6. The van der Waals surface area contributed by atoms with Crippen LogP contribution in [0.15, 0.2) is 24.5 Å². The van der Waals surface area contributed by atoms with Crippen LogP contribution in [-0.4, -0.2) is 37.2 Å². The highest BCUT2D eigenvalue weighted by Crippen LogP contribution is 2.47. The van der Waals surface area contributed by atoms with Crippen LogP contribution >= 0.6 is 11.8 Å². The Hall–Kier alpha value is -1.75. The molecule has 2 aromatic rings. The standard InChI is InChI=1S/C17H19F6N3OS/c1-3-13(28-17(22,23)15(20)21)9(2)16(27,7-14-24-8-25-26-14)11-5-4-10(18)6-12(11)19/h4-6,8-9,13,15,27H,3,7H2,1-2H3,(H,24,25,26). The van der Waals surface area contributed by atoms with E-state index in [2.05, 4.69) is 15.2 Å². The number of H-pyrrole nitrogens is 1. The van der Waals surface area contributed by atoms with Gasteiger partial charge in [0.2, 0.25) is 0 Å². The highest BCUT2D eigenvalue weighted by molar-refractivity contribution is 8.01. The maximum atomic E-state index is 14.4. The highest BCUT2D eigenvalue weighted by atomic mass is 32.2. The fraction of sp³-hybridized carbons (Fsp3) is 0.529. The SMILES string of the molecule is CCC(SC(F)(F)C(F)F)C(C)C(O)(Cc1ncn[nH]1)c1ccc(F)cc1F. The molecule has 0 radical (unpaired) electrons. The van der Waals surface area contributed by atoms with Crippen molar-refractivity contribution in [2.24, 2.45) is 5.92 Å². The lowest BCUT2D eigenvalue weighted by Gasteiger charge is -2.39. The molecule has 0 fully saturated rings. The number of nitrogens with zero attached hydrogens (tertiary/aromatic N) is 2. The second kappa shape index (κ2) is 8.73. The lowest BCUT2D eigenvalue weighted by molar-refractivity contribution is -0.0591. The average molecular weight is 427 g/mol. The van der Waals surface area contributed by atoms with Gasteiger partial charge in [0.15, 0.2) is 0 Å². The van der Waals surface area contributed by atoms with Crippen molar-refractivity contribution in [1.29, 1.82) is 0 Å². The van der Waals surface area contributed by atoms with E-state index in [-0.39, 0.29) is 36.0 Å². The topological polar surface area (TPSA) is 61.8 Å². The molecule has 3 unspecified atom stereocenters. The van der Waals surface area contributed by atoms with Crippen LogP contribution < -0.4 is 0 Å². The first kappa shape index (κ1) is 22.5. The number of benzene rings is 1. The number of aromatic nitrogens is 3. The van der Waals surface area contributed by atoms with E-state index in [0.29, 0.717) is 6.07 Å². The van der Waals surface area contributed by atoms with Gasteiger partial charge >= 0.3 is 11.7 Å². The number of hydrogen-bond acceptors (Lipinski definition) is 4. The molecule has 4 nitrogen and oxygen atoms in total. The smallest absolute Gasteiger partial charge is 0.353 e. The molecule has 0 aliphatic carbocycles. The Labute approximate surface area is 161 Å². The van der Waals surface area contributed by atoms with Gasteiger partial charge in [-0.3, -0.25) is 5.10 Å². The molecule has 2 N–H and O–H groups in total. The first-order chi connectivity index (χ1) is 13.0. The van der Waals surface area contributed by atoms with Gasteiger partial charge in [-0.15, -0.1) is 0 Å². The maximum Gasteiger partial charge on any atom is 0.353 e. The van der Waals surface area contributed by atoms with Gasteiger partial charge in [0, 0.05) is 29.2 Å². The number of nitrogens with one attached hydrogen (secondary N) is 1. The Balaban J connectivity index is 2.47. The summed E-state index contributed by atoms with van der Waals surface area (Å²) in [4.78, 5) is 3.85. The van der Waals surface area contributed by atoms with E-state index in [1.165, 1.54) is 13.8 Å². The summed E-state index contributed by atoms with van der Waals surface area (Å²) in [5, 5.41) is 11.9. The van der Waals surface area contributed by atoms with E-state index in [9.17, 15) is 31.4 Å². The van der Waals surface area contributed by atoms with Crippen molar-refractivity contribution in [2.45, 2.75) is 49.2 Å². The molecule has 0 spiro atoms. The number of aromatic amines is 1. The van der Waals surface area contributed by atoms with Gasteiger partial charge in [0.1, 0.15) is 29.4 Å². The van der Waals surface area contributed by atoms with Gasteiger partial charge in [0.05, 0.1) is 0 Å². The fourth-order valence-electron chi connectivity index (χ4n) is 3.01. The molecule has 1 aromatic heterocycles. The third-order valence-corrected chi connectivity index (χ3v) is 6.11. The van der Waals surface area contributed by atoms with Gasteiger partial charge < -0.3 is 5.11 Å². The number of hydrogen-bond donors (Lipinski definition) is 2. The molecule has 0 saturated carbocycles. The molecule has 0 bridgehead atoms. The van der Waals surface area contributed by atoms with Crippen LogP contribution in [0.5, 0.6) is 0 Å². The van der Waals surface area contributed by atoms with Crippen LogP contribution in [0.4, 0.5) is 26.3 Å². The first-order valence-electron chi connectivity index (χ1n) is 8.37. The van der Waals surface area contributed by atoms with Crippen LogP contribution in [0, 0.1) is 17.6 Å². The Kier molecular flexibility index (Phi) is 7.02. The van der Waals surface area contributed by atoms with Crippen LogP contribution in [-0.2, 0) is 12.0 Å². The van der Waals surface area contributed by atoms with Gasteiger partial charge in [-0.2, -0.15) is 13.9 Å². The van der Waals surface area contributed by atoms with E-state index in [1.54, 1.807) is 0 Å². The summed E-state index contributed by atoms with van der Waals surface area (Å²) in [5.74, 6) is -2.98. The highest BCUT2D eigenvalue weighted by Gasteiger charge is 2.49. The maximum absolute atomic E-state index is 14.4. The summed E-state index contributed by atoms with van der Waals surface area (Å²) in [7, 11) is 0. The molecule has 0 aliphatic heterocycles. The average Bonchev–Trinajstić information content (AvgIpc) is 3.11. The summed E-state index contributed by atoms with van der Waals surface area (Å²) < 4.78 is 80.3. The van der Waals surface area contributed by atoms with Gasteiger partial charge in [-0.25, -0.2) is 22.5 Å². The van der Waals surface area contributed by atoms with Crippen molar-refractivity contribution in [3.05, 3.63) is 47.5 Å². The first-order valence-corrected chi connectivity index (χ1v) is 9.25. The van der Waals surface area contributed by atoms with E-state index in [0.717, 1.165) is 18.5 Å². The van der Waals surface area contributed by atoms with Crippen LogP contribution in [0.2, 0.25) is 0 Å². The molecular weight excluding hydrogens is 408 g/mol. The third-order valence-electron chi connectivity index (χ3n) is 4.58. The molecule has 28 heavy (non-hydrogen) atoms. The summed E-state index contributed by atoms with van der Waals surface area (Å²) in [6.07, 6.45) is -3.13. The largest absolute Gasteiger partial charge is 0.384 e. The molecular formula is C17H19F6N3OS. The third kappa shape index (κ3) is 4.80. The normalized spacial score (nSPS) is 16.8. The summed E-state index contributed by atoms with van der Waals surface area (Å²) in [5.41, 5.74) is -2.49. The van der Waals surface area contributed by atoms with E-state index >= 15 is 0 Å². The minimum absolute atomic E-state index is 0.00429. The molecule has 1 heterocycles. The lowest BCUT2D eigenvalue weighted by atomic mass is 9.77. The van der Waals surface area contributed by atoms with Crippen molar-refractivity contribution in [3.63, 3.8) is 0 Å². The second-order valence-corrected chi connectivity index (χ2v) is 7.76. The minimum Gasteiger partial charge on any atom is -0.384 e. The molecule has 0 aliphatic rings. The zero-order valence-corrected chi connectivity index (χ0v) is 15.8. The Morgan fingerprint density at radius 3 is 2.43 bits per heavy atom. The van der Waals surface area contributed by atoms with E-state index in [1.807, 2.05) is 0 Å². The molecule has 3 atom stereocenters. The number of thioether (sulfide) groups is 1. The molecule has 2 rings (SSSR count). The van der Waals surface area contributed by atoms with Gasteiger partial charge in [0.25, 0.3) is 0 Å². The van der Waals surface area contributed by atoms with Crippen molar-refractivity contribution >= 4 is 11.8 Å². The van der Waals surface area contributed by atoms with Crippen molar-refractivity contribution in [3.8, 4) is 0 Å². The van der Waals surface area contributed by atoms with Gasteiger partial charge in [-0.05, 0) is 12.5 Å². The van der Waals surface area contributed by atoms with Crippen molar-refractivity contribution in [2.75, 3.05) is 0 Å². The summed E-state index contributed by atoms with van der Waals surface area (Å²) in [6.45, 7) is 2.84. The monoisotopic (exact) mass is 427 g/mol. The van der Waals surface area contributed by atoms with E-state index in [4.69, 9.17) is 0 Å². The second-order valence-electron chi connectivity index (χ2n) is 6.37. The quantitative estimate of drug-likeness (QED) is 0.578. The van der Waals surface area contributed by atoms with Crippen LogP contribution in [0.3, 0.4) is 0 Å². The Bertz CT molecular complexity index is 776. The number of aliphatic hydroxyl groups is 1. The van der Waals surface area contributed by atoms with Crippen molar-refractivity contribution < 1.29 is 31.4 Å². The fourth-order valence-corrected chi connectivity index (χ4v) is 4.12. The zero-order valence-electron chi connectivity index (χ0n) is 15.0. The number of alkyl halides is 4. The zero-order chi connectivity index (χ0) is 21.1. The van der Waals surface area contributed by atoms with Gasteiger partial charge in [-0.1, -0.05) is 31.7 Å². The molecule has 0 saturated heterocycles. The summed E-state index contributed by atoms with van der Waals surface area (Å²) >= 11 is -0.280. The number of rotatable bonds is 9. The minimum atomic E-state index is -4.34. The molecule has 1 aromatic carbocycles. The molecule has 156 valence electrons. The van der Waals surface area contributed by atoms with Crippen LogP contribution in [0.1, 0.15) is 31.7 Å². The van der Waals surface area contributed by atoms with E-state index < -0.39 is 40.1 Å². The Morgan fingerprint density at radius 1 is 1.25 bits per heavy atom. The predicted molar refractivity (Wildman–Crippen MR) is 92.1 cm³/mol.